The van der Waals surface area contributed by atoms with Crippen molar-refractivity contribution in [2.45, 2.75) is 51.0 Å². The first kappa shape index (κ1) is 12.4. The second-order valence-electron chi connectivity index (χ2n) is 7.25. The summed E-state index contributed by atoms with van der Waals surface area (Å²) in [7, 11) is 0. The molecule has 0 saturated heterocycles. The molecule has 5 rings (SSSR count). The summed E-state index contributed by atoms with van der Waals surface area (Å²) in [5.41, 5.74) is 1.41. The van der Waals surface area contributed by atoms with Gasteiger partial charge in [0.25, 0.3) is 0 Å². The topological polar surface area (TPSA) is 20.2 Å². The van der Waals surface area contributed by atoms with Crippen LogP contribution >= 0.6 is 11.3 Å². The lowest BCUT2D eigenvalue weighted by Crippen LogP contribution is -2.49. The minimum Gasteiger partial charge on any atom is -0.393 e. The van der Waals surface area contributed by atoms with Gasteiger partial charge in [0.1, 0.15) is 0 Å². The van der Waals surface area contributed by atoms with Gasteiger partial charge in [-0.3, -0.25) is 0 Å². The minimum atomic E-state index is -0.0464. The minimum absolute atomic E-state index is 0.0464. The SMILES string of the molecule is OC(CCc1ccsc1)C1C2CC3CC(C2)CC1C3. The molecule has 104 valence electrons. The molecule has 1 aromatic heterocycles. The number of hydrogen-bond acceptors (Lipinski definition) is 2. The third kappa shape index (κ3) is 2.27. The van der Waals surface area contributed by atoms with Crippen LogP contribution in [0.2, 0.25) is 0 Å². The fourth-order valence-electron chi connectivity index (χ4n) is 5.54. The maximum absolute atomic E-state index is 10.7. The fourth-order valence-corrected chi connectivity index (χ4v) is 6.24. The summed E-state index contributed by atoms with van der Waals surface area (Å²) >= 11 is 1.77. The van der Waals surface area contributed by atoms with Crippen molar-refractivity contribution < 1.29 is 5.11 Å². The van der Waals surface area contributed by atoms with Crippen LogP contribution in [0.1, 0.15) is 44.1 Å². The summed E-state index contributed by atoms with van der Waals surface area (Å²) in [6.07, 6.45) is 9.19. The highest BCUT2D eigenvalue weighted by molar-refractivity contribution is 7.07. The Hall–Kier alpha value is -0.340. The van der Waals surface area contributed by atoms with Gasteiger partial charge in [-0.1, -0.05) is 0 Å². The van der Waals surface area contributed by atoms with Gasteiger partial charge in [0.2, 0.25) is 0 Å². The Morgan fingerprint density at radius 2 is 1.79 bits per heavy atom. The maximum atomic E-state index is 10.7. The van der Waals surface area contributed by atoms with Crippen molar-refractivity contribution in [2.24, 2.45) is 29.6 Å². The highest BCUT2D eigenvalue weighted by Crippen LogP contribution is 2.57. The van der Waals surface area contributed by atoms with Crippen LogP contribution in [-0.2, 0) is 6.42 Å². The lowest BCUT2D eigenvalue weighted by atomic mass is 9.50. The van der Waals surface area contributed by atoms with Crippen LogP contribution in [0.4, 0.5) is 0 Å². The van der Waals surface area contributed by atoms with Crippen LogP contribution in [-0.4, -0.2) is 11.2 Å². The molecule has 4 aliphatic rings. The van der Waals surface area contributed by atoms with E-state index in [9.17, 15) is 5.11 Å². The predicted octanol–water partition coefficient (Wildman–Crippen LogP) is 4.11. The summed E-state index contributed by atoms with van der Waals surface area (Å²) in [5.74, 6) is 4.37. The van der Waals surface area contributed by atoms with Crippen LogP contribution in [0.3, 0.4) is 0 Å². The molecule has 0 spiro atoms. The van der Waals surface area contributed by atoms with Gasteiger partial charge in [0.15, 0.2) is 0 Å². The second kappa shape index (κ2) is 4.89. The molecule has 1 N–H and O–H groups in total. The van der Waals surface area contributed by atoms with Gasteiger partial charge in [0.05, 0.1) is 6.10 Å². The summed E-state index contributed by atoms with van der Waals surface area (Å²) < 4.78 is 0. The monoisotopic (exact) mass is 276 g/mol. The summed E-state index contributed by atoms with van der Waals surface area (Å²) in [6, 6.07) is 2.20. The molecule has 19 heavy (non-hydrogen) atoms. The largest absolute Gasteiger partial charge is 0.393 e. The van der Waals surface area contributed by atoms with E-state index in [0.717, 1.165) is 36.5 Å². The quantitative estimate of drug-likeness (QED) is 0.877. The Morgan fingerprint density at radius 3 is 2.37 bits per heavy atom. The number of rotatable bonds is 4. The van der Waals surface area contributed by atoms with Crippen molar-refractivity contribution in [3.8, 4) is 0 Å². The standard InChI is InChI=1S/C17H24OS/c18-16(2-1-11-3-4-19-10-11)17-14-6-12-5-13(8-14)9-15(17)7-12/h3-4,10,12-18H,1-2,5-9H2. The molecule has 4 fully saturated rings. The second-order valence-corrected chi connectivity index (χ2v) is 8.03. The molecule has 1 unspecified atom stereocenters. The molecule has 4 saturated carbocycles. The van der Waals surface area contributed by atoms with Gasteiger partial charge in [-0.2, -0.15) is 11.3 Å². The van der Waals surface area contributed by atoms with Crippen molar-refractivity contribution in [3.05, 3.63) is 22.4 Å². The van der Waals surface area contributed by atoms with Crippen molar-refractivity contribution in [3.63, 3.8) is 0 Å². The first-order chi connectivity index (χ1) is 9.29. The zero-order valence-electron chi connectivity index (χ0n) is 11.5. The molecule has 1 heterocycles. The fraction of sp³-hybridized carbons (Fsp3) is 0.765. The molecule has 0 radical (unpaired) electrons. The van der Waals surface area contributed by atoms with Crippen molar-refractivity contribution >= 4 is 11.3 Å². The van der Waals surface area contributed by atoms with E-state index in [1.54, 1.807) is 11.3 Å². The van der Waals surface area contributed by atoms with Gasteiger partial charge in [0, 0.05) is 0 Å². The molecule has 0 amide bonds. The van der Waals surface area contributed by atoms with E-state index in [1.165, 1.54) is 37.7 Å². The number of hydrogen-bond donors (Lipinski definition) is 1. The molecule has 4 aliphatic carbocycles. The number of aliphatic hydroxyl groups excluding tert-OH is 1. The van der Waals surface area contributed by atoms with Crippen LogP contribution in [0.15, 0.2) is 16.8 Å². The maximum Gasteiger partial charge on any atom is 0.0576 e. The van der Waals surface area contributed by atoms with E-state index in [1.807, 2.05) is 0 Å². The molecule has 4 bridgehead atoms. The van der Waals surface area contributed by atoms with Gasteiger partial charge < -0.3 is 5.11 Å². The molecule has 2 heteroatoms. The van der Waals surface area contributed by atoms with Crippen molar-refractivity contribution in [2.75, 3.05) is 0 Å². The Bertz CT molecular complexity index is 396. The Morgan fingerprint density at radius 1 is 1.11 bits per heavy atom. The van der Waals surface area contributed by atoms with E-state index in [0.29, 0.717) is 5.92 Å². The van der Waals surface area contributed by atoms with Crippen molar-refractivity contribution in [1.29, 1.82) is 0 Å². The molecule has 0 aliphatic heterocycles. The molecule has 1 atom stereocenters. The molecule has 1 nitrogen and oxygen atoms in total. The Balaban J connectivity index is 1.41. The number of aryl methyl sites for hydroxylation is 1. The van der Waals surface area contributed by atoms with Crippen LogP contribution in [0, 0.1) is 29.6 Å². The predicted molar refractivity (Wildman–Crippen MR) is 79.2 cm³/mol. The zero-order chi connectivity index (χ0) is 12.8. The van der Waals surface area contributed by atoms with Crippen LogP contribution in [0.5, 0.6) is 0 Å². The number of aliphatic hydroxyl groups is 1. The Labute approximate surface area is 120 Å². The van der Waals surface area contributed by atoms with Crippen LogP contribution < -0.4 is 0 Å². The molecular weight excluding hydrogens is 252 g/mol. The summed E-state index contributed by atoms with van der Waals surface area (Å²) in [4.78, 5) is 0. The average molecular weight is 276 g/mol. The van der Waals surface area contributed by atoms with E-state index in [2.05, 4.69) is 16.8 Å². The number of thiophene rings is 1. The summed E-state index contributed by atoms with van der Waals surface area (Å²) in [6.45, 7) is 0. The van der Waals surface area contributed by atoms with Gasteiger partial charge in [-0.15, -0.1) is 0 Å². The van der Waals surface area contributed by atoms with E-state index in [-0.39, 0.29) is 6.10 Å². The smallest absolute Gasteiger partial charge is 0.0576 e. The third-order valence-electron chi connectivity index (χ3n) is 6.05. The van der Waals surface area contributed by atoms with Gasteiger partial charge in [-0.05, 0) is 96.9 Å². The molecular formula is C17H24OS. The molecule has 0 aromatic carbocycles. The van der Waals surface area contributed by atoms with E-state index >= 15 is 0 Å². The summed E-state index contributed by atoms with van der Waals surface area (Å²) in [5, 5.41) is 15.1. The van der Waals surface area contributed by atoms with Crippen molar-refractivity contribution in [1.82, 2.24) is 0 Å². The normalized spacial score (nSPS) is 41.6. The molecule has 1 aromatic rings. The van der Waals surface area contributed by atoms with E-state index in [4.69, 9.17) is 0 Å². The lowest BCUT2D eigenvalue weighted by Gasteiger charge is -2.55. The highest BCUT2D eigenvalue weighted by atomic mass is 32.1. The van der Waals surface area contributed by atoms with E-state index < -0.39 is 0 Å². The van der Waals surface area contributed by atoms with Gasteiger partial charge >= 0.3 is 0 Å². The van der Waals surface area contributed by atoms with Gasteiger partial charge in [-0.25, -0.2) is 0 Å². The highest BCUT2D eigenvalue weighted by Gasteiger charge is 2.50. The first-order valence-corrected chi connectivity index (χ1v) is 8.93. The average Bonchev–Trinajstić information content (AvgIpc) is 2.88. The zero-order valence-corrected chi connectivity index (χ0v) is 12.3. The third-order valence-corrected chi connectivity index (χ3v) is 6.78. The van der Waals surface area contributed by atoms with Crippen LogP contribution in [0.25, 0.3) is 0 Å². The first-order valence-electron chi connectivity index (χ1n) is 7.98. The Kier molecular flexibility index (Phi) is 3.19. The lowest BCUT2D eigenvalue weighted by molar-refractivity contribution is -0.0909.